The number of anilines is 2. The summed E-state index contributed by atoms with van der Waals surface area (Å²) in [4.78, 5) is 28.3. The topological polar surface area (TPSA) is 78.7 Å². The molecule has 1 fully saturated rings. The highest BCUT2D eigenvalue weighted by Gasteiger charge is 2.30. The molecule has 0 bridgehead atoms. The van der Waals surface area contributed by atoms with E-state index in [1.165, 1.54) is 29.1 Å². The Morgan fingerprint density at radius 1 is 1.33 bits per heavy atom. The summed E-state index contributed by atoms with van der Waals surface area (Å²) in [6.07, 6.45) is 2.45. The summed E-state index contributed by atoms with van der Waals surface area (Å²) < 4.78 is 0. The Bertz CT molecular complexity index is 564. The van der Waals surface area contributed by atoms with Crippen LogP contribution in [0, 0.1) is 5.92 Å². The average molecular weight is 310 g/mol. The number of carbonyl (C=O) groups excluding carboxylic acids is 2. The molecule has 2 rings (SSSR count). The molecule has 1 heterocycles. The Hall–Kier alpha value is -1.76. The van der Waals surface area contributed by atoms with Gasteiger partial charge in [0.1, 0.15) is 9.88 Å². The maximum absolute atomic E-state index is 12.2. The third-order valence-electron chi connectivity index (χ3n) is 3.56. The van der Waals surface area contributed by atoms with Crippen molar-refractivity contribution in [2.45, 2.75) is 12.8 Å². The minimum Gasteiger partial charge on any atom is -0.397 e. The van der Waals surface area contributed by atoms with Crippen LogP contribution in [0.3, 0.4) is 0 Å². The van der Waals surface area contributed by atoms with Crippen LogP contribution in [0.15, 0.2) is 0 Å². The van der Waals surface area contributed by atoms with Crippen LogP contribution in [0.5, 0.6) is 0 Å². The van der Waals surface area contributed by atoms with Crippen LogP contribution in [0.2, 0.25) is 0 Å². The molecule has 1 aromatic heterocycles. The van der Waals surface area contributed by atoms with E-state index in [2.05, 4.69) is 5.32 Å². The lowest BCUT2D eigenvalue weighted by Gasteiger charge is -2.18. The Kier molecular flexibility index (Phi) is 4.41. The molecule has 1 aliphatic carbocycles. The lowest BCUT2D eigenvalue weighted by Crippen LogP contribution is -2.25. The smallest absolute Gasteiger partial charge is 0.265 e. The van der Waals surface area contributed by atoms with E-state index in [0.717, 1.165) is 11.5 Å². The number of nitrogen functional groups attached to an aromatic ring is 1. The number of thiophene rings is 1. The first-order valence-corrected chi connectivity index (χ1v) is 7.75. The predicted octanol–water partition coefficient (Wildman–Crippen LogP) is 1.24. The van der Waals surface area contributed by atoms with Gasteiger partial charge in [0, 0.05) is 34.7 Å². The van der Waals surface area contributed by atoms with Gasteiger partial charge in [0.05, 0.1) is 11.3 Å². The van der Waals surface area contributed by atoms with E-state index >= 15 is 0 Å². The van der Waals surface area contributed by atoms with Gasteiger partial charge in [-0.1, -0.05) is 0 Å². The standard InChI is InChI=1S/C14H22N4O2S/c1-16-12(19)9-10(15)11(13(20)17(2)3)21-14(9)18(4)7-8-5-6-8/h8H,5-7,15H2,1-4H3,(H,16,19). The molecule has 0 spiro atoms. The molecule has 0 unspecified atom stereocenters. The van der Waals surface area contributed by atoms with E-state index in [0.29, 0.717) is 16.4 Å². The van der Waals surface area contributed by atoms with Crippen molar-refractivity contribution in [2.75, 3.05) is 45.4 Å². The lowest BCUT2D eigenvalue weighted by molar-refractivity contribution is 0.0833. The highest BCUT2D eigenvalue weighted by Crippen LogP contribution is 2.40. The molecule has 6 nitrogen and oxygen atoms in total. The molecule has 7 heteroatoms. The second-order valence-electron chi connectivity index (χ2n) is 5.63. The molecular weight excluding hydrogens is 288 g/mol. The van der Waals surface area contributed by atoms with Crippen LogP contribution in [0.1, 0.15) is 32.9 Å². The van der Waals surface area contributed by atoms with E-state index < -0.39 is 0 Å². The first-order chi connectivity index (χ1) is 9.86. The van der Waals surface area contributed by atoms with Gasteiger partial charge in [-0.05, 0) is 18.8 Å². The minimum absolute atomic E-state index is 0.172. The molecule has 1 saturated carbocycles. The fourth-order valence-electron chi connectivity index (χ4n) is 2.18. The third-order valence-corrected chi connectivity index (χ3v) is 4.86. The van der Waals surface area contributed by atoms with Crippen LogP contribution in [-0.4, -0.2) is 51.4 Å². The van der Waals surface area contributed by atoms with Crippen molar-refractivity contribution in [2.24, 2.45) is 5.92 Å². The van der Waals surface area contributed by atoms with Crippen molar-refractivity contribution in [1.82, 2.24) is 10.2 Å². The summed E-state index contributed by atoms with van der Waals surface area (Å²) in [6, 6.07) is 0. The average Bonchev–Trinajstić information content (AvgIpc) is 3.18. The van der Waals surface area contributed by atoms with Crippen LogP contribution in [0.25, 0.3) is 0 Å². The van der Waals surface area contributed by atoms with Crippen molar-refractivity contribution in [1.29, 1.82) is 0 Å². The maximum atomic E-state index is 12.2. The van der Waals surface area contributed by atoms with Gasteiger partial charge in [-0.3, -0.25) is 9.59 Å². The molecule has 0 saturated heterocycles. The van der Waals surface area contributed by atoms with E-state index in [9.17, 15) is 9.59 Å². The van der Waals surface area contributed by atoms with Crippen molar-refractivity contribution < 1.29 is 9.59 Å². The Morgan fingerprint density at radius 3 is 2.43 bits per heavy atom. The second kappa shape index (κ2) is 5.93. The molecule has 2 amide bonds. The number of hydrogen-bond donors (Lipinski definition) is 2. The fraction of sp³-hybridized carbons (Fsp3) is 0.571. The van der Waals surface area contributed by atoms with E-state index in [4.69, 9.17) is 5.73 Å². The van der Waals surface area contributed by atoms with E-state index in [1.807, 2.05) is 11.9 Å². The first kappa shape index (κ1) is 15.6. The van der Waals surface area contributed by atoms with Crippen LogP contribution >= 0.6 is 11.3 Å². The second-order valence-corrected chi connectivity index (χ2v) is 6.63. The number of hydrogen-bond acceptors (Lipinski definition) is 5. The summed E-state index contributed by atoms with van der Waals surface area (Å²) in [5.74, 6) is 0.261. The van der Waals surface area contributed by atoms with Crippen LogP contribution in [-0.2, 0) is 0 Å². The zero-order chi connectivity index (χ0) is 15.7. The first-order valence-electron chi connectivity index (χ1n) is 6.93. The van der Waals surface area contributed by atoms with Crippen molar-refractivity contribution >= 4 is 33.8 Å². The van der Waals surface area contributed by atoms with E-state index in [1.54, 1.807) is 21.1 Å². The molecule has 0 radical (unpaired) electrons. The van der Waals surface area contributed by atoms with Crippen molar-refractivity contribution in [3.8, 4) is 0 Å². The summed E-state index contributed by atoms with van der Waals surface area (Å²) in [5.41, 5.74) is 6.77. The molecule has 1 aliphatic rings. The third kappa shape index (κ3) is 3.12. The summed E-state index contributed by atoms with van der Waals surface area (Å²) in [7, 11) is 6.86. The van der Waals surface area contributed by atoms with Gasteiger partial charge in [-0.25, -0.2) is 0 Å². The minimum atomic E-state index is -0.251. The van der Waals surface area contributed by atoms with Gasteiger partial charge in [0.15, 0.2) is 0 Å². The number of nitrogens with two attached hydrogens (primary N) is 1. The summed E-state index contributed by atoms with van der Waals surface area (Å²) in [5, 5.41) is 3.37. The van der Waals surface area contributed by atoms with Gasteiger partial charge in [-0.15, -0.1) is 11.3 Å². The Balaban J connectivity index is 2.43. The largest absolute Gasteiger partial charge is 0.397 e. The predicted molar refractivity (Wildman–Crippen MR) is 86.1 cm³/mol. The number of nitrogens with zero attached hydrogens (tertiary/aromatic N) is 2. The fourth-order valence-corrected chi connectivity index (χ4v) is 3.39. The van der Waals surface area contributed by atoms with Gasteiger partial charge >= 0.3 is 0 Å². The van der Waals surface area contributed by atoms with Crippen LogP contribution in [0.4, 0.5) is 10.7 Å². The molecule has 116 valence electrons. The number of carbonyl (C=O) groups is 2. The Morgan fingerprint density at radius 2 is 1.95 bits per heavy atom. The molecule has 0 atom stereocenters. The van der Waals surface area contributed by atoms with Crippen LogP contribution < -0.4 is 16.0 Å². The normalized spacial score (nSPS) is 13.9. The molecular formula is C14H22N4O2S. The Labute approximate surface area is 128 Å². The SMILES string of the molecule is CNC(=O)c1c(N(C)CC2CC2)sc(C(=O)N(C)C)c1N. The number of amides is 2. The molecule has 3 N–H and O–H groups in total. The summed E-state index contributed by atoms with van der Waals surface area (Å²) >= 11 is 1.29. The molecule has 21 heavy (non-hydrogen) atoms. The summed E-state index contributed by atoms with van der Waals surface area (Å²) in [6.45, 7) is 0.888. The zero-order valence-corrected chi connectivity index (χ0v) is 13.7. The lowest BCUT2D eigenvalue weighted by atomic mass is 10.2. The highest BCUT2D eigenvalue weighted by atomic mass is 32.1. The molecule has 1 aromatic rings. The van der Waals surface area contributed by atoms with Gasteiger partial charge in [0.2, 0.25) is 0 Å². The number of rotatable bonds is 5. The monoisotopic (exact) mass is 310 g/mol. The maximum Gasteiger partial charge on any atom is 0.265 e. The van der Waals surface area contributed by atoms with Gasteiger partial charge in [-0.2, -0.15) is 0 Å². The highest BCUT2D eigenvalue weighted by molar-refractivity contribution is 7.19. The number of nitrogens with one attached hydrogen (secondary N) is 1. The molecule has 0 aliphatic heterocycles. The van der Waals surface area contributed by atoms with Gasteiger partial charge in [0.25, 0.3) is 11.8 Å². The van der Waals surface area contributed by atoms with Gasteiger partial charge < -0.3 is 20.9 Å². The molecule has 0 aromatic carbocycles. The quantitative estimate of drug-likeness (QED) is 0.857. The van der Waals surface area contributed by atoms with Crippen molar-refractivity contribution in [3.05, 3.63) is 10.4 Å². The zero-order valence-electron chi connectivity index (χ0n) is 12.9. The van der Waals surface area contributed by atoms with E-state index in [-0.39, 0.29) is 17.5 Å². The van der Waals surface area contributed by atoms with Crippen molar-refractivity contribution in [3.63, 3.8) is 0 Å².